The van der Waals surface area contributed by atoms with Crippen molar-refractivity contribution in [3.05, 3.63) is 19.2 Å². The van der Waals surface area contributed by atoms with Crippen LogP contribution in [0.2, 0.25) is 0 Å². The molecule has 0 aromatic carbocycles. The summed E-state index contributed by atoms with van der Waals surface area (Å²) in [6, 6.07) is 2.34. The molecule has 1 unspecified atom stereocenters. The lowest BCUT2D eigenvalue weighted by atomic mass is 9.89. The first-order chi connectivity index (χ1) is 7.72. The quantitative estimate of drug-likeness (QED) is 0.635. The summed E-state index contributed by atoms with van der Waals surface area (Å²) >= 11 is 8.77. The molecule has 0 radical (unpaired) electrons. The van der Waals surface area contributed by atoms with Gasteiger partial charge < -0.3 is 4.74 Å². The first-order valence-corrected chi connectivity index (χ1v) is 7.61. The summed E-state index contributed by atoms with van der Waals surface area (Å²) in [5.74, 6) is 6.24. The van der Waals surface area contributed by atoms with Crippen molar-refractivity contribution < 1.29 is 4.74 Å². The van der Waals surface area contributed by atoms with Gasteiger partial charge in [0.2, 0.25) is 0 Å². The molecule has 0 saturated carbocycles. The van der Waals surface area contributed by atoms with Crippen molar-refractivity contribution in [3.8, 4) is 0 Å². The molecule has 1 saturated heterocycles. The lowest BCUT2D eigenvalue weighted by Crippen LogP contribution is -2.36. The Labute approximate surface area is 116 Å². The molecule has 1 aliphatic rings. The van der Waals surface area contributed by atoms with Crippen LogP contribution in [0.4, 0.5) is 0 Å². The maximum Gasteiger partial charge on any atom is 0.0758 e. The fraction of sp³-hybridized carbons (Fsp3) is 0.600. The summed E-state index contributed by atoms with van der Waals surface area (Å²) in [5, 5.41) is 0. The Morgan fingerprint density at radius 1 is 1.44 bits per heavy atom. The summed E-state index contributed by atoms with van der Waals surface area (Å²) in [5.41, 5.74) is 4.18. The van der Waals surface area contributed by atoms with E-state index in [1.54, 1.807) is 11.3 Å². The number of hydrazine groups is 1. The van der Waals surface area contributed by atoms with Gasteiger partial charge in [0.15, 0.2) is 0 Å². The van der Waals surface area contributed by atoms with Crippen LogP contribution in [0, 0.1) is 5.92 Å². The SMILES string of the molecule is NNC(c1cc(Br)sc1Br)C1CCOCC1. The first-order valence-electron chi connectivity index (χ1n) is 5.21. The summed E-state index contributed by atoms with van der Waals surface area (Å²) in [7, 11) is 0. The molecule has 16 heavy (non-hydrogen) atoms. The van der Waals surface area contributed by atoms with Crippen LogP contribution in [-0.4, -0.2) is 13.2 Å². The number of ether oxygens (including phenoxy) is 1. The zero-order valence-electron chi connectivity index (χ0n) is 8.71. The van der Waals surface area contributed by atoms with Gasteiger partial charge in [0.1, 0.15) is 0 Å². The van der Waals surface area contributed by atoms with Crippen molar-refractivity contribution in [1.82, 2.24) is 5.43 Å². The third-order valence-corrected chi connectivity index (χ3v) is 5.32. The third kappa shape index (κ3) is 2.86. The minimum atomic E-state index is 0.209. The fourth-order valence-corrected chi connectivity index (χ4v) is 5.02. The molecule has 1 aromatic heterocycles. The van der Waals surface area contributed by atoms with E-state index in [-0.39, 0.29) is 6.04 Å². The van der Waals surface area contributed by atoms with Crippen molar-refractivity contribution in [1.29, 1.82) is 0 Å². The topological polar surface area (TPSA) is 47.3 Å². The third-order valence-electron chi connectivity index (χ3n) is 2.94. The highest BCUT2D eigenvalue weighted by Crippen LogP contribution is 2.39. The second kappa shape index (κ2) is 5.93. The number of thiophene rings is 1. The second-order valence-electron chi connectivity index (χ2n) is 3.87. The van der Waals surface area contributed by atoms with E-state index in [4.69, 9.17) is 10.6 Å². The molecule has 2 rings (SSSR count). The van der Waals surface area contributed by atoms with Gasteiger partial charge in [-0.1, -0.05) is 0 Å². The number of nitrogens with two attached hydrogens (primary N) is 1. The standard InChI is InChI=1S/C10H14Br2N2OS/c11-8-5-7(10(12)16-8)9(14-13)6-1-3-15-4-2-6/h5-6,9,14H,1-4,13H2. The summed E-state index contributed by atoms with van der Waals surface area (Å²) < 4.78 is 7.65. The van der Waals surface area contributed by atoms with Gasteiger partial charge in [-0.25, -0.2) is 0 Å². The molecule has 0 aliphatic carbocycles. The molecule has 90 valence electrons. The van der Waals surface area contributed by atoms with E-state index >= 15 is 0 Å². The van der Waals surface area contributed by atoms with Gasteiger partial charge in [0.25, 0.3) is 0 Å². The van der Waals surface area contributed by atoms with Gasteiger partial charge >= 0.3 is 0 Å². The zero-order chi connectivity index (χ0) is 11.5. The Bertz CT molecular complexity index is 353. The minimum Gasteiger partial charge on any atom is -0.381 e. The van der Waals surface area contributed by atoms with Crippen LogP contribution in [0.15, 0.2) is 13.6 Å². The monoisotopic (exact) mass is 368 g/mol. The Kier molecular flexibility index (Phi) is 4.81. The molecule has 0 amide bonds. The lowest BCUT2D eigenvalue weighted by molar-refractivity contribution is 0.0536. The van der Waals surface area contributed by atoms with E-state index in [1.165, 1.54) is 5.56 Å². The Morgan fingerprint density at radius 3 is 2.62 bits per heavy atom. The van der Waals surface area contributed by atoms with Gasteiger partial charge in [0.05, 0.1) is 13.6 Å². The highest BCUT2D eigenvalue weighted by atomic mass is 79.9. The Morgan fingerprint density at radius 2 is 2.12 bits per heavy atom. The maximum absolute atomic E-state index is 5.69. The predicted octanol–water partition coefficient (Wildman–Crippen LogP) is 3.20. The van der Waals surface area contributed by atoms with E-state index in [2.05, 4.69) is 43.4 Å². The largest absolute Gasteiger partial charge is 0.381 e. The first kappa shape index (κ1) is 13.0. The molecule has 3 nitrogen and oxygen atoms in total. The van der Waals surface area contributed by atoms with E-state index < -0.39 is 0 Å². The Hall–Kier alpha value is 0.540. The molecule has 2 heterocycles. The zero-order valence-corrected chi connectivity index (χ0v) is 12.7. The number of rotatable bonds is 3. The van der Waals surface area contributed by atoms with Crippen LogP contribution in [0.25, 0.3) is 0 Å². The molecule has 1 aromatic rings. The van der Waals surface area contributed by atoms with Crippen LogP contribution in [-0.2, 0) is 4.74 Å². The van der Waals surface area contributed by atoms with Gasteiger partial charge in [-0.2, -0.15) is 0 Å². The van der Waals surface area contributed by atoms with Crippen LogP contribution in [0.5, 0.6) is 0 Å². The van der Waals surface area contributed by atoms with E-state index in [1.807, 2.05) is 0 Å². The van der Waals surface area contributed by atoms with Crippen molar-refractivity contribution in [2.45, 2.75) is 18.9 Å². The molecule has 3 N–H and O–H groups in total. The van der Waals surface area contributed by atoms with E-state index in [0.29, 0.717) is 5.92 Å². The average molecular weight is 370 g/mol. The highest BCUT2D eigenvalue weighted by Gasteiger charge is 2.27. The van der Waals surface area contributed by atoms with Gasteiger partial charge in [-0.15, -0.1) is 11.3 Å². The average Bonchev–Trinajstić information content (AvgIpc) is 2.61. The fourth-order valence-electron chi connectivity index (χ4n) is 2.09. The van der Waals surface area contributed by atoms with Crippen molar-refractivity contribution >= 4 is 43.2 Å². The second-order valence-corrected chi connectivity index (χ2v) is 7.62. The molecular weight excluding hydrogens is 356 g/mol. The molecule has 1 aliphatic heterocycles. The normalized spacial score (nSPS) is 19.9. The number of nitrogens with one attached hydrogen (secondary N) is 1. The number of hydrogen-bond donors (Lipinski definition) is 2. The minimum absolute atomic E-state index is 0.209. The van der Waals surface area contributed by atoms with Gasteiger partial charge in [-0.05, 0) is 62.2 Å². The van der Waals surface area contributed by atoms with Crippen LogP contribution >= 0.6 is 43.2 Å². The maximum atomic E-state index is 5.69. The molecule has 6 heteroatoms. The number of halogens is 2. The van der Waals surface area contributed by atoms with Crippen molar-refractivity contribution in [2.75, 3.05) is 13.2 Å². The van der Waals surface area contributed by atoms with E-state index in [0.717, 1.165) is 33.6 Å². The lowest BCUT2D eigenvalue weighted by Gasteiger charge is -2.29. The molecule has 0 spiro atoms. The summed E-state index contributed by atoms with van der Waals surface area (Å²) in [6.07, 6.45) is 2.13. The van der Waals surface area contributed by atoms with Crippen LogP contribution in [0.1, 0.15) is 24.4 Å². The molecule has 1 atom stereocenters. The predicted molar refractivity (Wildman–Crippen MR) is 73.3 cm³/mol. The molecular formula is C10H14Br2N2OS. The van der Waals surface area contributed by atoms with Crippen LogP contribution < -0.4 is 11.3 Å². The van der Waals surface area contributed by atoms with Gasteiger partial charge in [0, 0.05) is 13.2 Å². The van der Waals surface area contributed by atoms with Crippen molar-refractivity contribution in [3.63, 3.8) is 0 Å². The molecule has 1 fully saturated rings. The number of hydrogen-bond acceptors (Lipinski definition) is 4. The van der Waals surface area contributed by atoms with Gasteiger partial charge in [-0.3, -0.25) is 11.3 Å². The van der Waals surface area contributed by atoms with Crippen molar-refractivity contribution in [2.24, 2.45) is 11.8 Å². The molecule has 0 bridgehead atoms. The van der Waals surface area contributed by atoms with E-state index in [9.17, 15) is 0 Å². The highest BCUT2D eigenvalue weighted by molar-refractivity contribution is 9.12. The van der Waals surface area contributed by atoms with Crippen LogP contribution in [0.3, 0.4) is 0 Å². The summed E-state index contributed by atoms with van der Waals surface area (Å²) in [4.78, 5) is 0. The smallest absolute Gasteiger partial charge is 0.0758 e. The Balaban J connectivity index is 2.17. The summed E-state index contributed by atoms with van der Waals surface area (Å²) in [6.45, 7) is 1.68.